The van der Waals surface area contributed by atoms with Crippen LogP contribution in [0.15, 0.2) is 52.7 Å². The number of aryl methyl sites for hydroxylation is 1. The van der Waals surface area contributed by atoms with Gasteiger partial charge in [0.05, 0.1) is 32.9 Å². The molecule has 2 aromatic carbocycles. The highest BCUT2D eigenvalue weighted by Gasteiger charge is 2.31. The van der Waals surface area contributed by atoms with Crippen LogP contribution in [0, 0.1) is 18.3 Å². The lowest BCUT2D eigenvalue weighted by Gasteiger charge is -2.19. The highest BCUT2D eigenvalue weighted by atomic mass is 32.2. The van der Waals surface area contributed by atoms with Gasteiger partial charge in [0.15, 0.2) is 0 Å². The Hall–Kier alpha value is -2.69. The molecule has 26 heavy (non-hydrogen) atoms. The van der Waals surface area contributed by atoms with Gasteiger partial charge in [0.1, 0.15) is 0 Å². The minimum Gasteiger partial charge on any atom is -0.266 e. The van der Waals surface area contributed by atoms with Crippen LogP contribution in [-0.4, -0.2) is 19.9 Å². The predicted octanol–water partition coefficient (Wildman–Crippen LogP) is 3.74. The third-order valence-corrected chi connectivity index (χ3v) is 7.02. The van der Waals surface area contributed by atoms with E-state index in [0.29, 0.717) is 24.2 Å². The molecular weight excluding hydrogens is 366 g/mol. The number of thiazole rings is 1. The fourth-order valence-corrected chi connectivity index (χ4v) is 5.23. The molecule has 0 radical (unpaired) electrons. The number of sulfonamides is 1. The molecule has 0 spiro atoms. The molecule has 5 nitrogen and oxygen atoms in total. The quantitative estimate of drug-likeness (QED) is 0.693. The van der Waals surface area contributed by atoms with Gasteiger partial charge in [-0.25, -0.2) is 13.4 Å². The Labute approximate surface area is 156 Å². The second-order valence-corrected chi connectivity index (χ2v) is 8.98. The van der Waals surface area contributed by atoms with Gasteiger partial charge in [-0.15, -0.1) is 11.3 Å². The van der Waals surface area contributed by atoms with Crippen LogP contribution in [0.2, 0.25) is 0 Å². The normalized spacial score (nSPS) is 13.5. The van der Waals surface area contributed by atoms with Gasteiger partial charge in [0, 0.05) is 17.5 Å². The second kappa shape index (κ2) is 6.24. The molecule has 0 unspecified atom stereocenters. The van der Waals surface area contributed by atoms with Crippen molar-refractivity contribution in [2.45, 2.75) is 18.2 Å². The van der Waals surface area contributed by atoms with Gasteiger partial charge in [0.25, 0.3) is 10.0 Å². The summed E-state index contributed by atoms with van der Waals surface area (Å²) in [5, 5.41) is 11.9. The Morgan fingerprint density at radius 2 is 1.96 bits per heavy atom. The minimum absolute atomic E-state index is 0.198. The second-order valence-electron chi connectivity index (χ2n) is 6.06. The van der Waals surface area contributed by atoms with E-state index in [1.165, 1.54) is 28.6 Å². The highest BCUT2D eigenvalue weighted by Crippen LogP contribution is 2.36. The Bertz CT molecular complexity index is 1130. The third-order valence-electron chi connectivity index (χ3n) is 4.42. The van der Waals surface area contributed by atoms with Crippen LogP contribution in [0.25, 0.3) is 11.3 Å². The number of benzene rings is 2. The summed E-state index contributed by atoms with van der Waals surface area (Å²) >= 11 is 1.60. The first kappa shape index (κ1) is 16.8. The summed E-state index contributed by atoms with van der Waals surface area (Å²) < 4.78 is 27.4. The first-order valence-electron chi connectivity index (χ1n) is 8.07. The van der Waals surface area contributed by atoms with Crippen LogP contribution in [-0.2, 0) is 16.4 Å². The van der Waals surface area contributed by atoms with E-state index in [1.54, 1.807) is 11.3 Å². The molecule has 1 aromatic heterocycles. The summed E-state index contributed by atoms with van der Waals surface area (Å²) in [6, 6.07) is 13.8. The lowest BCUT2D eigenvalue weighted by molar-refractivity contribution is 0.592. The van der Waals surface area contributed by atoms with E-state index < -0.39 is 10.0 Å². The van der Waals surface area contributed by atoms with Gasteiger partial charge in [0.2, 0.25) is 0 Å². The number of hydrogen-bond acceptors (Lipinski definition) is 5. The van der Waals surface area contributed by atoms with Crippen LogP contribution >= 0.6 is 11.3 Å². The molecule has 4 rings (SSSR count). The molecule has 0 saturated heterocycles. The number of aromatic nitrogens is 1. The average Bonchev–Trinajstić information content (AvgIpc) is 3.27. The van der Waals surface area contributed by atoms with E-state index in [2.05, 4.69) is 4.98 Å². The molecule has 130 valence electrons. The van der Waals surface area contributed by atoms with Crippen LogP contribution in [0.3, 0.4) is 0 Å². The zero-order valence-corrected chi connectivity index (χ0v) is 15.6. The van der Waals surface area contributed by atoms with Crippen molar-refractivity contribution in [3.8, 4) is 17.3 Å². The zero-order chi connectivity index (χ0) is 18.3. The van der Waals surface area contributed by atoms with Gasteiger partial charge in [-0.2, -0.15) is 5.26 Å². The molecule has 0 saturated carbocycles. The van der Waals surface area contributed by atoms with Crippen molar-refractivity contribution in [3.05, 3.63) is 64.0 Å². The van der Waals surface area contributed by atoms with Crippen molar-refractivity contribution in [2.75, 3.05) is 10.8 Å². The van der Waals surface area contributed by atoms with Crippen molar-refractivity contribution in [3.63, 3.8) is 0 Å². The molecule has 1 aliphatic rings. The molecule has 0 amide bonds. The number of hydrogen-bond donors (Lipinski definition) is 0. The number of fused-ring (bicyclic) bond motifs is 1. The van der Waals surface area contributed by atoms with Gasteiger partial charge < -0.3 is 0 Å². The van der Waals surface area contributed by atoms with Crippen LogP contribution < -0.4 is 4.31 Å². The van der Waals surface area contributed by atoms with E-state index in [4.69, 9.17) is 5.26 Å². The first-order valence-corrected chi connectivity index (χ1v) is 10.4. The van der Waals surface area contributed by atoms with E-state index in [-0.39, 0.29) is 4.90 Å². The summed E-state index contributed by atoms with van der Waals surface area (Å²) in [5.41, 5.74) is 4.08. The summed E-state index contributed by atoms with van der Waals surface area (Å²) in [7, 11) is -3.64. The highest BCUT2D eigenvalue weighted by molar-refractivity contribution is 7.92. The number of nitriles is 1. The molecule has 7 heteroatoms. The summed E-state index contributed by atoms with van der Waals surface area (Å²) in [6.45, 7) is 2.38. The van der Waals surface area contributed by atoms with Gasteiger partial charge >= 0.3 is 0 Å². The monoisotopic (exact) mass is 381 g/mol. The zero-order valence-electron chi connectivity index (χ0n) is 14.0. The van der Waals surface area contributed by atoms with Crippen LogP contribution in [0.5, 0.6) is 0 Å². The van der Waals surface area contributed by atoms with Gasteiger partial charge in [-0.1, -0.05) is 6.07 Å². The first-order chi connectivity index (χ1) is 12.5. The Morgan fingerprint density at radius 1 is 1.19 bits per heavy atom. The summed E-state index contributed by atoms with van der Waals surface area (Å²) in [6.07, 6.45) is 0.668. The van der Waals surface area contributed by atoms with Crippen molar-refractivity contribution in [2.24, 2.45) is 0 Å². The number of nitrogens with zero attached hydrogens (tertiary/aromatic N) is 3. The maximum Gasteiger partial charge on any atom is 0.264 e. The smallest absolute Gasteiger partial charge is 0.264 e. The molecule has 1 aliphatic heterocycles. The van der Waals surface area contributed by atoms with E-state index in [0.717, 1.165) is 21.8 Å². The third kappa shape index (κ3) is 2.77. The fraction of sp³-hybridized carbons (Fsp3) is 0.158. The molecule has 0 bridgehead atoms. The van der Waals surface area contributed by atoms with Crippen LogP contribution in [0.4, 0.5) is 5.69 Å². The number of anilines is 1. The topological polar surface area (TPSA) is 74.1 Å². The number of rotatable bonds is 3. The predicted molar refractivity (Wildman–Crippen MR) is 102 cm³/mol. The molecule has 2 heterocycles. The van der Waals surface area contributed by atoms with E-state index in [9.17, 15) is 8.42 Å². The SMILES string of the molecule is Cc1nc(-c2ccc3c(c2)CCN3S(=O)(=O)c2ccc(C#N)cc2)cs1. The Morgan fingerprint density at radius 3 is 2.62 bits per heavy atom. The van der Waals surface area contributed by atoms with Crippen molar-refractivity contribution < 1.29 is 8.42 Å². The van der Waals surface area contributed by atoms with Crippen molar-refractivity contribution in [1.82, 2.24) is 4.98 Å². The maximum absolute atomic E-state index is 13.0. The average molecular weight is 381 g/mol. The van der Waals surface area contributed by atoms with E-state index >= 15 is 0 Å². The van der Waals surface area contributed by atoms with Crippen molar-refractivity contribution >= 4 is 27.0 Å². The van der Waals surface area contributed by atoms with Gasteiger partial charge in [-0.05, 0) is 55.3 Å². The summed E-state index contributed by atoms with van der Waals surface area (Å²) in [4.78, 5) is 4.70. The summed E-state index contributed by atoms with van der Waals surface area (Å²) in [5.74, 6) is 0. The molecule has 0 aliphatic carbocycles. The van der Waals surface area contributed by atoms with Crippen molar-refractivity contribution in [1.29, 1.82) is 5.26 Å². The van der Waals surface area contributed by atoms with E-state index in [1.807, 2.05) is 36.6 Å². The van der Waals surface area contributed by atoms with Crippen LogP contribution in [0.1, 0.15) is 16.1 Å². The maximum atomic E-state index is 13.0. The molecule has 0 N–H and O–H groups in total. The molecule has 0 fully saturated rings. The lowest BCUT2D eigenvalue weighted by atomic mass is 10.1. The lowest BCUT2D eigenvalue weighted by Crippen LogP contribution is -2.29. The van der Waals surface area contributed by atoms with Gasteiger partial charge in [-0.3, -0.25) is 4.31 Å². The molecule has 3 aromatic rings. The fourth-order valence-electron chi connectivity index (χ4n) is 3.11. The molecule has 0 atom stereocenters. The Balaban J connectivity index is 1.70. The Kier molecular flexibility index (Phi) is 4.02. The molecular formula is C19H15N3O2S2. The largest absolute Gasteiger partial charge is 0.266 e. The standard InChI is InChI=1S/C19H15N3O2S2/c1-13-21-18(12-25-13)15-4-7-19-16(10-15)8-9-22(19)26(23,24)17-5-2-14(11-20)3-6-17/h2-7,10,12H,8-9H2,1H3. The minimum atomic E-state index is -3.64.